The van der Waals surface area contributed by atoms with Crippen LogP contribution in [0.4, 0.5) is 0 Å². The maximum Gasteiger partial charge on any atom is 0.333 e. The van der Waals surface area contributed by atoms with Gasteiger partial charge in [-0.2, -0.15) is 5.10 Å². The van der Waals surface area contributed by atoms with Gasteiger partial charge in [-0.15, -0.1) is 0 Å². The van der Waals surface area contributed by atoms with Crippen LogP contribution < -0.4 is 5.69 Å². The van der Waals surface area contributed by atoms with E-state index in [1.165, 1.54) is 6.33 Å². The molecule has 0 aliphatic carbocycles. The van der Waals surface area contributed by atoms with E-state index in [0.29, 0.717) is 18.0 Å². The van der Waals surface area contributed by atoms with Crippen molar-refractivity contribution in [3.8, 4) is 16.9 Å². The predicted octanol–water partition coefficient (Wildman–Crippen LogP) is 3.31. The van der Waals surface area contributed by atoms with E-state index in [4.69, 9.17) is 4.52 Å². The summed E-state index contributed by atoms with van der Waals surface area (Å²) >= 11 is 0. The Hall–Kier alpha value is -3.94. The standard InChI is InChI=1S/C22H20N6O2/c1-14-5-4-6-19(9-14)28-21(17-7-8-20-23-13-24-27(20)11-17)16(3)26(22(28)29)12-18-10-15(2)30-25-18/h4-11,13H,12H2,1-3H3. The summed E-state index contributed by atoms with van der Waals surface area (Å²) in [5.41, 5.74) is 5.73. The summed E-state index contributed by atoms with van der Waals surface area (Å²) in [6, 6.07) is 13.6. The van der Waals surface area contributed by atoms with E-state index in [-0.39, 0.29) is 5.69 Å². The second kappa shape index (κ2) is 6.84. The number of fused-ring (bicyclic) bond motifs is 1. The van der Waals surface area contributed by atoms with Crippen LogP contribution in [0.5, 0.6) is 0 Å². The summed E-state index contributed by atoms with van der Waals surface area (Å²) in [4.78, 5) is 17.8. The van der Waals surface area contributed by atoms with Gasteiger partial charge in [0.2, 0.25) is 0 Å². The number of aromatic nitrogens is 6. The number of nitrogens with zero attached hydrogens (tertiary/aromatic N) is 6. The van der Waals surface area contributed by atoms with E-state index < -0.39 is 0 Å². The van der Waals surface area contributed by atoms with Gasteiger partial charge in [-0.25, -0.2) is 14.3 Å². The van der Waals surface area contributed by atoms with Gasteiger partial charge in [-0.1, -0.05) is 17.3 Å². The van der Waals surface area contributed by atoms with Crippen LogP contribution >= 0.6 is 0 Å². The van der Waals surface area contributed by atoms with Crippen LogP contribution in [0.1, 0.15) is 22.7 Å². The first-order chi connectivity index (χ1) is 14.5. The van der Waals surface area contributed by atoms with Gasteiger partial charge in [0.15, 0.2) is 5.65 Å². The van der Waals surface area contributed by atoms with Crippen molar-refractivity contribution in [2.24, 2.45) is 0 Å². The molecule has 4 heterocycles. The molecule has 4 aromatic heterocycles. The molecule has 0 fully saturated rings. The number of imidazole rings is 1. The minimum absolute atomic E-state index is 0.132. The average molecular weight is 400 g/mol. The molecule has 0 spiro atoms. The molecular formula is C22H20N6O2. The molecule has 0 unspecified atom stereocenters. The summed E-state index contributed by atoms with van der Waals surface area (Å²) in [5.74, 6) is 0.714. The zero-order valence-electron chi connectivity index (χ0n) is 16.9. The molecular weight excluding hydrogens is 380 g/mol. The molecule has 0 bridgehead atoms. The molecule has 30 heavy (non-hydrogen) atoms. The molecule has 150 valence electrons. The van der Waals surface area contributed by atoms with E-state index >= 15 is 0 Å². The number of hydrogen-bond donors (Lipinski definition) is 0. The zero-order valence-corrected chi connectivity index (χ0v) is 16.9. The Morgan fingerprint density at radius 1 is 1.07 bits per heavy atom. The van der Waals surface area contributed by atoms with Crippen molar-refractivity contribution in [2.45, 2.75) is 27.3 Å². The van der Waals surface area contributed by atoms with Crippen molar-refractivity contribution in [1.29, 1.82) is 0 Å². The van der Waals surface area contributed by atoms with Gasteiger partial charge < -0.3 is 4.52 Å². The van der Waals surface area contributed by atoms with Crippen molar-refractivity contribution in [3.05, 3.63) is 88.2 Å². The summed E-state index contributed by atoms with van der Waals surface area (Å²) in [5, 5.41) is 8.30. The van der Waals surface area contributed by atoms with Crippen molar-refractivity contribution >= 4 is 5.65 Å². The smallest absolute Gasteiger partial charge is 0.333 e. The van der Waals surface area contributed by atoms with Gasteiger partial charge in [0.1, 0.15) is 17.8 Å². The number of hydrogen-bond acceptors (Lipinski definition) is 5. The van der Waals surface area contributed by atoms with Crippen molar-refractivity contribution < 1.29 is 4.52 Å². The first-order valence-corrected chi connectivity index (χ1v) is 9.62. The van der Waals surface area contributed by atoms with Gasteiger partial charge in [-0.05, 0) is 50.6 Å². The Morgan fingerprint density at radius 2 is 1.93 bits per heavy atom. The third kappa shape index (κ3) is 2.93. The highest BCUT2D eigenvalue weighted by molar-refractivity contribution is 5.66. The third-order valence-electron chi connectivity index (χ3n) is 5.20. The quantitative estimate of drug-likeness (QED) is 0.462. The molecule has 0 aliphatic rings. The van der Waals surface area contributed by atoms with Gasteiger partial charge in [0.25, 0.3) is 0 Å². The topological polar surface area (TPSA) is 83.2 Å². The zero-order chi connectivity index (χ0) is 20.8. The second-order valence-corrected chi connectivity index (χ2v) is 7.39. The molecule has 5 aromatic rings. The van der Waals surface area contributed by atoms with Gasteiger partial charge in [-0.3, -0.25) is 9.13 Å². The molecule has 0 aliphatic heterocycles. The van der Waals surface area contributed by atoms with Crippen molar-refractivity contribution in [2.75, 3.05) is 0 Å². The van der Waals surface area contributed by atoms with E-state index in [1.807, 2.05) is 69.4 Å². The number of rotatable bonds is 4. The molecule has 0 saturated carbocycles. The van der Waals surface area contributed by atoms with Crippen LogP contribution in [0.2, 0.25) is 0 Å². The Balaban J connectivity index is 1.76. The number of benzene rings is 1. The fourth-order valence-corrected chi connectivity index (χ4v) is 3.79. The van der Waals surface area contributed by atoms with Crippen LogP contribution in [0.15, 0.2) is 64.3 Å². The van der Waals surface area contributed by atoms with E-state index in [2.05, 4.69) is 15.2 Å². The molecule has 8 heteroatoms. The average Bonchev–Trinajstić information content (AvgIpc) is 3.42. The highest BCUT2D eigenvalue weighted by atomic mass is 16.5. The first-order valence-electron chi connectivity index (χ1n) is 9.62. The van der Waals surface area contributed by atoms with Crippen LogP contribution in [0.3, 0.4) is 0 Å². The summed E-state index contributed by atoms with van der Waals surface area (Å²) < 4.78 is 10.4. The predicted molar refractivity (Wildman–Crippen MR) is 112 cm³/mol. The van der Waals surface area contributed by atoms with Crippen LogP contribution in [-0.2, 0) is 6.54 Å². The molecule has 1 aromatic carbocycles. The number of aryl methyl sites for hydroxylation is 2. The monoisotopic (exact) mass is 400 g/mol. The Labute approximate surface area is 172 Å². The maximum atomic E-state index is 13.6. The fourth-order valence-electron chi connectivity index (χ4n) is 3.79. The molecule has 0 N–H and O–H groups in total. The van der Waals surface area contributed by atoms with Gasteiger partial charge >= 0.3 is 5.69 Å². The maximum absolute atomic E-state index is 13.6. The molecule has 5 rings (SSSR count). The lowest BCUT2D eigenvalue weighted by Gasteiger charge is -2.09. The molecule has 0 amide bonds. The molecule has 0 radical (unpaired) electrons. The van der Waals surface area contributed by atoms with Gasteiger partial charge in [0, 0.05) is 23.5 Å². The Kier molecular flexibility index (Phi) is 4.13. The second-order valence-electron chi connectivity index (χ2n) is 7.39. The lowest BCUT2D eigenvalue weighted by atomic mass is 10.1. The Bertz CT molecular complexity index is 1440. The lowest BCUT2D eigenvalue weighted by Crippen LogP contribution is -2.24. The molecule has 0 saturated heterocycles. The van der Waals surface area contributed by atoms with Crippen molar-refractivity contribution in [3.63, 3.8) is 0 Å². The number of pyridine rings is 1. The van der Waals surface area contributed by atoms with Crippen molar-refractivity contribution in [1.82, 2.24) is 28.9 Å². The van der Waals surface area contributed by atoms with Crippen LogP contribution in [-0.4, -0.2) is 28.9 Å². The summed E-state index contributed by atoms with van der Waals surface area (Å²) in [6.45, 7) is 6.13. The first kappa shape index (κ1) is 18.1. The van der Waals surface area contributed by atoms with Crippen LogP contribution in [0.25, 0.3) is 22.6 Å². The summed E-state index contributed by atoms with van der Waals surface area (Å²) in [6.07, 6.45) is 3.40. The fraction of sp³-hybridized carbons (Fsp3) is 0.182. The lowest BCUT2D eigenvalue weighted by molar-refractivity contribution is 0.388. The third-order valence-corrected chi connectivity index (χ3v) is 5.20. The highest BCUT2D eigenvalue weighted by Gasteiger charge is 2.21. The summed E-state index contributed by atoms with van der Waals surface area (Å²) in [7, 11) is 0. The minimum Gasteiger partial charge on any atom is -0.361 e. The SMILES string of the molecule is Cc1cccc(-n2c(-c3ccc4ncnn4c3)c(C)n(Cc3cc(C)on3)c2=O)c1. The largest absolute Gasteiger partial charge is 0.361 e. The minimum atomic E-state index is -0.132. The highest BCUT2D eigenvalue weighted by Crippen LogP contribution is 2.27. The molecule has 8 nitrogen and oxygen atoms in total. The molecule has 0 atom stereocenters. The van der Waals surface area contributed by atoms with Crippen LogP contribution in [0, 0.1) is 20.8 Å². The van der Waals surface area contributed by atoms with E-state index in [9.17, 15) is 4.79 Å². The van der Waals surface area contributed by atoms with Gasteiger partial charge in [0.05, 0.1) is 17.9 Å². The van der Waals surface area contributed by atoms with E-state index in [1.54, 1.807) is 13.6 Å². The Morgan fingerprint density at radius 3 is 2.70 bits per heavy atom. The van der Waals surface area contributed by atoms with E-state index in [0.717, 1.165) is 33.8 Å². The normalized spacial score (nSPS) is 11.4.